The molecule has 0 saturated heterocycles. The molecule has 2 amide bonds. The van der Waals surface area contributed by atoms with Gasteiger partial charge in [-0.2, -0.15) is 0 Å². The first-order chi connectivity index (χ1) is 9.61. The van der Waals surface area contributed by atoms with Crippen molar-refractivity contribution < 1.29 is 14.7 Å². The molecule has 1 aliphatic rings. The summed E-state index contributed by atoms with van der Waals surface area (Å²) >= 11 is 3.30. The van der Waals surface area contributed by atoms with E-state index in [1.807, 2.05) is 0 Å². The van der Waals surface area contributed by atoms with Crippen LogP contribution in [-0.4, -0.2) is 47.6 Å². The Bertz CT molecular complexity index is 486. The molecule has 1 fully saturated rings. The van der Waals surface area contributed by atoms with Crippen molar-refractivity contribution in [1.29, 1.82) is 0 Å². The van der Waals surface area contributed by atoms with E-state index < -0.39 is 0 Å². The van der Waals surface area contributed by atoms with E-state index in [4.69, 9.17) is 5.11 Å². The topological polar surface area (TPSA) is 69.6 Å². The molecule has 6 heteroatoms. The van der Waals surface area contributed by atoms with E-state index in [2.05, 4.69) is 21.2 Å². The van der Waals surface area contributed by atoms with Gasteiger partial charge >= 0.3 is 0 Å². The van der Waals surface area contributed by atoms with Crippen LogP contribution in [0.4, 0.5) is 0 Å². The van der Waals surface area contributed by atoms with Gasteiger partial charge in [-0.3, -0.25) is 9.59 Å². The number of carbonyl (C=O) groups is 2. The van der Waals surface area contributed by atoms with Gasteiger partial charge in [0.15, 0.2) is 0 Å². The van der Waals surface area contributed by atoms with Crippen LogP contribution >= 0.6 is 15.9 Å². The Balaban J connectivity index is 1.85. The quantitative estimate of drug-likeness (QED) is 0.816. The Morgan fingerprint density at radius 1 is 1.30 bits per heavy atom. The van der Waals surface area contributed by atoms with Gasteiger partial charge in [0.25, 0.3) is 5.91 Å². The van der Waals surface area contributed by atoms with Gasteiger partial charge in [0, 0.05) is 22.6 Å². The molecule has 1 aliphatic carbocycles. The van der Waals surface area contributed by atoms with Gasteiger partial charge in [0.05, 0.1) is 13.2 Å². The zero-order valence-electron chi connectivity index (χ0n) is 11.0. The van der Waals surface area contributed by atoms with Crippen LogP contribution in [0.15, 0.2) is 28.7 Å². The van der Waals surface area contributed by atoms with Crippen LogP contribution in [0, 0.1) is 0 Å². The summed E-state index contributed by atoms with van der Waals surface area (Å²) in [7, 11) is 0. The van der Waals surface area contributed by atoms with Crippen molar-refractivity contribution >= 4 is 27.7 Å². The van der Waals surface area contributed by atoms with Gasteiger partial charge in [-0.1, -0.05) is 15.9 Å². The first kappa shape index (κ1) is 15.0. The molecule has 1 aromatic rings. The van der Waals surface area contributed by atoms with E-state index in [9.17, 15) is 9.59 Å². The van der Waals surface area contributed by atoms with Crippen molar-refractivity contribution in [3.63, 3.8) is 0 Å². The Morgan fingerprint density at radius 2 is 1.95 bits per heavy atom. The van der Waals surface area contributed by atoms with E-state index in [1.165, 1.54) is 0 Å². The van der Waals surface area contributed by atoms with Crippen LogP contribution in [-0.2, 0) is 4.79 Å². The molecule has 108 valence electrons. The Kier molecular flexibility index (Phi) is 5.14. The maximum absolute atomic E-state index is 12.0. The van der Waals surface area contributed by atoms with Crippen LogP contribution in [0.25, 0.3) is 0 Å². The van der Waals surface area contributed by atoms with Crippen molar-refractivity contribution in [1.82, 2.24) is 10.2 Å². The van der Waals surface area contributed by atoms with Gasteiger partial charge in [-0.15, -0.1) is 0 Å². The highest BCUT2D eigenvalue weighted by Crippen LogP contribution is 2.26. The number of amides is 2. The molecule has 0 aliphatic heterocycles. The first-order valence-electron chi connectivity index (χ1n) is 6.56. The zero-order chi connectivity index (χ0) is 14.5. The number of nitrogens with zero attached hydrogens (tertiary/aromatic N) is 1. The summed E-state index contributed by atoms with van der Waals surface area (Å²) in [5.41, 5.74) is 0.515. The molecule has 2 rings (SSSR count). The molecule has 0 atom stereocenters. The van der Waals surface area contributed by atoms with Gasteiger partial charge < -0.3 is 15.3 Å². The molecule has 0 radical (unpaired) electrons. The lowest BCUT2D eigenvalue weighted by Crippen LogP contribution is -2.42. The summed E-state index contributed by atoms with van der Waals surface area (Å²) in [6.07, 6.45) is 1.96. The van der Waals surface area contributed by atoms with Crippen LogP contribution in [0.1, 0.15) is 23.2 Å². The molecule has 0 heterocycles. The van der Waals surface area contributed by atoms with Gasteiger partial charge in [-0.25, -0.2) is 0 Å². The summed E-state index contributed by atoms with van der Waals surface area (Å²) in [6.45, 7) is 0.242. The molecule has 1 saturated carbocycles. The second kappa shape index (κ2) is 6.85. The maximum Gasteiger partial charge on any atom is 0.251 e. The third-order valence-electron chi connectivity index (χ3n) is 3.16. The lowest BCUT2D eigenvalue weighted by molar-refractivity contribution is -0.131. The zero-order valence-corrected chi connectivity index (χ0v) is 12.6. The standard InChI is InChI=1S/C14H17BrN2O3/c15-11-3-1-10(2-4-11)14(20)16-9-13(19)17(7-8-18)12-5-6-12/h1-4,12,18H,5-9H2,(H,16,20). The minimum Gasteiger partial charge on any atom is -0.395 e. The fourth-order valence-corrected chi connectivity index (χ4v) is 2.23. The van der Waals surface area contributed by atoms with Gasteiger partial charge in [0.1, 0.15) is 0 Å². The van der Waals surface area contributed by atoms with Crippen molar-refractivity contribution in [2.24, 2.45) is 0 Å². The fourth-order valence-electron chi connectivity index (χ4n) is 1.97. The maximum atomic E-state index is 12.0. The summed E-state index contributed by atoms with van der Waals surface area (Å²) in [6, 6.07) is 7.17. The summed E-state index contributed by atoms with van der Waals surface area (Å²) in [4.78, 5) is 25.5. The Morgan fingerprint density at radius 3 is 2.50 bits per heavy atom. The molecule has 5 nitrogen and oxygen atoms in total. The van der Waals surface area contributed by atoms with Crippen molar-refractivity contribution in [2.75, 3.05) is 19.7 Å². The molecule has 20 heavy (non-hydrogen) atoms. The third kappa shape index (κ3) is 4.05. The number of hydrogen-bond donors (Lipinski definition) is 2. The first-order valence-corrected chi connectivity index (χ1v) is 7.35. The van der Waals surface area contributed by atoms with Gasteiger partial charge in [-0.05, 0) is 37.1 Å². The van der Waals surface area contributed by atoms with Gasteiger partial charge in [0.2, 0.25) is 5.91 Å². The number of rotatable bonds is 6. The average Bonchev–Trinajstić information content (AvgIpc) is 3.27. The second-order valence-corrected chi connectivity index (χ2v) is 5.65. The lowest BCUT2D eigenvalue weighted by Gasteiger charge is -2.21. The number of aliphatic hydroxyl groups excluding tert-OH is 1. The van der Waals surface area contributed by atoms with E-state index in [0.717, 1.165) is 17.3 Å². The number of hydrogen-bond acceptors (Lipinski definition) is 3. The largest absolute Gasteiger partial charge is 0.395 e. The number of aliphatic hydroxyl groups is 1. The summed E-state index contributed by atoms with van der Waals surface area (Å²) < 4.78 is 0.896. The minimum absolute atomic E-state index is 0.0363. The average molecular weight is 341 g/mol. The lowest BCUT2D eigenvalue weighted by atomic mass is 10.2. The van der Waals surface area contributed by atoms with Crippen molar-refractivity contribution in [2.45, 2.75) is 18.9 Å². The SMILES string of the molecule is O=C(NCC(=O)N(CCO)C1CC1)c1ccc(Br)cc1. The normalized spacial score (nSPS) is 13.9. The predicted molar refractivity (Wildman–Crippen MR) is 78.3 cm³/mol. The van der Waals surface area contributed by atoms with Crippen LogP contribution in [0.2, 0.25) is 0 Å². The Labute approximate surface area is 126 Å². The highest BCUT2D eigenvalue weighted by Gasteiger charge is 2.31. The number of carbonyl (C=O) groups excluding carboxylic acids is 2. The Hall–Kier alpha value is -1.40. The van der Waals surface area contributed by atoms with E-state index in [1.54, 1.807) is 29.2 Å². The van der Waals surface area contributed by atoms with E-state index in [-0.39, 0.29) is 31.0 Å². The smallest absolute Gasteiger partial charge is 0.251 e. The molecule has 1 aromatic carbocycles. The molecule has 0 bridgehead atoms. The molecule has 0 spiro atoms. The van der Waals surface area contributed by atoms with E-state index >= 15 is 0 Å². The molecular formula is C14H17BrN2O3. The molecule has 2 N–H and O–H groups in total. The highest BCUT2D eigenvalue weighted by atomic mass is 79.9. The number of nitrogens with one attached hydrogen (secondary N) is 1. The highest BCUT2D eigenvalue weighted by molar-refractivity contribution is 9.10. The number of halogens is 1. The van der Waals surface area contributed by atoms with Crippen molar-refractivity contribution in [3.05, 3.63) is 34.3 Å². The summed E-state index contributed by atoms with van der Waals surface area (Å²) in [5.74, 6) is -0.419. The molecule has 0 unspecified atom stereocenters. The van der Waals surface area contributed by atoms with E-state index in [0.29, 0.717) is 12.1 Å². The predicted octanol–water partition coefficient (Wildman–Crippen LogP) is 1.16. The third-order valence-corrected chi connectivity index (χ3v) is 3.68. The van der Waals surface area contributed by atoms with Crippen molar-refractivity contribution in [3.8, 4) is 0 Å². The van der Waals surface area contributed by atoms with Crippen LogP contribution < -0.4 is 5.32 Å². The van der Waals surface area contributed by atoms with Crippen LogP contribution in [0.3, 0.4) is 0 Å². The minimum atomic E-state index is -0.273. The molecular weight excluding hydrogens is 324 g/mol. The second-order valence-electron chi connectivity index (χ2n) is 4.73. The van der Waals surface area contributed by atoms with Crippen LogP contribution in [0.5, 0.6) is 0 Å². The molecule has 0 aromatic heterocycles. The monoisotopic (exact) mass is 340 g/mol. The summed E-state index contributed by atoms with van der Waals surface area (Å²) in [5, 5.41) is 11.6. The number of benzene rings is 1. The fraction of sp³-hybridized carbons (Fsp3) is 0.429.